The third-order valence-electron chi connectivity index (χ3n) is 4.67. The van der Waals surface area contributed by atoms with E-state index in [1.165, 1.54) is 4.90 Å². The minimum Gasteiger partial charge on any atom is -0.480 e. The minimum atomic E-state index is -1.08. The van der Waals surface area contributed by atoms with E-state index in [4.69, 9.17) is 11.5 Å². The molecule has 6 N–H and O–H groups in total. The van der Waals surface area contributed by atoms with Crippen molar-refractivity contribution in [3.63, 3.8) is 0 Å². The Morgan fingerprint density at radius 3 is 2.48 bits per heavy atom. The van der Waals surface area contributed by atoms with Crippen molar-refractivity contribution in [1.29, 1.82) is 0 Å². The predicted octanol–water partition coefficient (Wildman–Crippen LogP) is -0.814. The van der Waals surface area contributed by atoms with Crippen LogP contribution in [-0.4, -0.2) is 58.4 Å². The summed E-state index contributed by atoms with van der Waals surface area (Å²) in [7, 11) is 0. The molecule has 1 aliphatic heterocycles. The SMILES string of the molecule is CC[C@H](C)[C@H](N)C(=O)N[C@@H](CCC(N)=O)C(=O)N1CCC[C@@H]1C(=O)O. The summed E-state index contributed by atoms with van der Waals surface area (Å²) in [6, 6.07) is -2.72. The second-order valence-corrected chi connectivity index (χ2v) is 6.51. The van der Waals surface area contributed by atoms with E-state index in [9.17, 15) is 24.3 Å². The van der Waals surface area contributed by atoms with E-state index >= 15 is 0 Å². The Balaban J connectivity index is 2.88. The first-order valence-electron chi connectivity index (χ1n) is 8.56. The summed E-state index contributed by atoms with van der Waals surface area (Å²) in [5.41, 5.74) is 11.0. The molecule has 1 fully saturated rings. The number of carbonyl (C=O) groups is 4. The highest BCUT2D eigenvalue weighted by Gasteiger charge is 2.38. The van der Waals surface area contributed by atoms with Crippen molar-refractivity contribution in [3.8, 4) is 0 Å². The maximum Gasteiger partial charge on any atom is 0.326 e. The van der Waals surface area contributed by atoms with Crippen molar-refractivity contribution in [3.05, 3.63) is 0 Å². The van der Waals surface area contributed by atoms with Gasteiger partial charge in [-0.3, -0.25) is 14.4 Å². The van der Waals surface area contributed by atoms with Crippen LogP contribution >= 0.6 is 0 Å². The summed E-state index contributed by atoms with van der Waals surface area (Å²) in [4.78, 5) is 48.6. The summed E-state index contributed by atoms with van der Waals surface area (Å²) >= 11 is 0. The van der Waals surface area contributed by atoms with Gasteiger partial charge in [-0.2, -0.15) is 0 Å². The number of hydrogen-bond donors (Lipinski definition) is 4. The van der Waals surface area contributed by atoms with Gasteiger partial charge in [0.1, 0.15) is 12.1 Å². The van der Waals surface area contributed by atoms with Crippen LogP contribution in [0.5, 0.6) is 0 Å². The Labute approximate surface area is 147 Å². The zero-order valence-corrected chi connectivity index (χ0v) is 14.7. The molecule has 0 aromatic rings. The van der Waals surface area contributed by atoms with E-state index in [1.54, 1.807) is 0 Å². The van der Waals surface area contributed by atoms with Gasteiger partial charge >= 0.3 is 5.97 Å². The Kier molecular flexibility index (Phi) is 7.82. The standard InChI is InChI=1S/C16H28N4O5/c1-3-9(2)13(18)14(22)19-10(6-7-12(17)21)15(23)20-8-4-5-11(20)16(24)25/h9-11,13H,3-8,18H2,1-2H3,(H2,17,21)(H,19,22)(H,24,25)/t9-,10-,11+,13-/m0/s1. The molecule has 9 nitrogen and oxygen atoms in total. The Hall–Kier alpha value is -2.16. The molecule has 0 radical (unpaired) electrons. The molecule has 0 unspecified atom stereocenters. The lowest BCUT2D eigenvalue weighted by Crippen LogP contribution is -2.55. The molecule has 0 saturated carbocycles. The monoisotopic (exact) mass is 356 g/mol. The third kappa shape index (κ3) is 5.70. The van der Waals surface area contributed by atoms with Crippen molar-refractivity contribution in [2.75, 3.05) is 6.54 Å². The fourth-order valence-electron chi connectivity index (χ4n) is 2.81. The zero-order chi connectivity index (χ0) is 19.1. The largest absolute Gasteiger partial charge is 0.480 e. The van der Waals surface area contributed by atoms with Crippen LogP contribution in [0.25, 0.3) is 0 Å². The lowest BCUT2D eigenvalue weighted by atomic mass is 9.98. The van der Waals surface area contributed by atoms with Crippen LogP contribution in [0.1, 0.15) is 46.0 Å². The van der Waals surface area contributed by atoms with Crippen molar-refractivity contribution in [1.82, 2.24) is 10.2 Å². The van der Waals surface area contributed by atoms with Gasteiger partial charge in [0.15, 0.2) is 0 Å². The molecule has 1 saturated heterocycles. The van der Waals surface area contributed by atoms with Gasteiger partial charge < -0.3 is 26.8 Å². The normalized spacial score (nSPS) is 20.6. The second-order valence-electron chi connectivity index (χ2n) is 6.51. The summed E-state index contributed by atoms with van der Waals surface area (Å²) in [6.45, 7) is 4.02. The number of carboxylic acid groups (broad SMARTS) is 1. The van der Waals surface area contributed by atoms with Gasteiger partial charge in [-0.05, 0) is 25.2 Å². The Bertz CT molecular complexity index is 525. The fourth-order valence-corrected chi connectivity index (χ4v) is 2.81. The highest BCUT2D eigenvalue weighted by Crippen LogP contribution is 2.19. The average molecular weight is 356 g/mol. The first-order chi connectivity index (χ1) is 11.7. The van der Waals surface area contributed by atoms with Crippen LogP contribution in [0.3, 0.4) is 0 Å². The van der Waals surface area contributed by atoms with E-state index < -0.39 is 41.8 Å². The molecule has 0 bridgehead atoms. The highest BCUT2D eigenvalue weighted by molar-refractivity contribution is 5.92. The van der Waals surface area contributed by atoms with E-state index in [0.29, 0.717) is 25.8 Å². The lowest BCUT2D eigenvalue weighted by molar-refractivity contribution is -0.149. The van der Waals surface area contributed by atoms with Crippen molar-refractivity contribution < 1.29 is 24.3 Å². The number of hydrogen-bond acceptors (Lipinski definition) is 5. The summed E-state index contributed by atoms with van der Waals surface area (Å²) in [6.07, 6.45) is 1.55. The number of nitrogens with zero attached hydrogens (tertiary/aromatic N) is 1. The molecule has 9 heteroatoms. The van der Waals surface area contributed by atoms with Crippen LogP contribution in [0.2, 0.25) is 0 Å². The van der Waals surface area contributed by atoms with E-state index in [-0.39, 0.29) is 18.8 Å². The molecular weight excluding hydrogens is 328 g/mol. The maximum absolute atomic E-state index is 12.7. The number of likely N-dealkylation sites (tertiary alicyclic amines) is 1. The van der Waals surface area contributed by atoms with Crippen LogP contribution in [0.15, 0.2) is 0 Å². The van der Waals surface area contributed by atoms with Crippen molar-refractivity contribution >= 4 is 23.7 Å². The minimum absolute atomic E-state index is 0.00989. The van der Waals surface area contributed by atoms with Crippen LogP contribution in [-0.2, 0) is 19.2 Å². The van der Waals surface area contributed by atoms with Crippen molar-refractivity contribution in [2.45, 2.75) is 64.1 Å². The quantitative estimate of drug-likeness (QED) is 0.423. The number of aliphatic carboxylic acids is 1. The van der Waals surface area contributed by atoms with Gasteiger partial charge in [-0.25, -0.2) is 4.79 Å². The number of nitrogens with one attached hydrogen (secondary N) is 1. The molecule has 142 valence electrons. The van der Waals surface area contributed by atoms with Gasteiger partial charge in [-0.15, -0.1) is 0 Å². The number of nitrogens with two attached hydrogens (primary N) is 2. The van der Waals surface area contributed by atoms with E-state index in [0.717, 1.165) is 0 Å². The molecule has 0 aromatic carbocycles. The van der Waals surface area contributed by atoms with Crippen LogP contribution < -0.4 is 16.8 Å². The van der Waals surface area contributed by atoms with E-state index in [1.807, 2.05) is 13.8 Å². The number of primary amides is 1. The van der Waals surface area contributed by atoms with E-state index in [2.05, 4.69) is 5.32 Å². The summed E-state index contributed by atoms with van der Waals surface area (Å²) in [5, 5.41) is 11.8. The molecule has 0 aliphatic carbocycles. The van der Waals surface area contributed by atoms with Gasteiger partial charge in [0.2, 0.25) is 17.7 Å². The molecule has 0 spiro atoms. The average Bonchev–Trinajstić information content (AvgIpc) is 3.05. The summed E-state index contributed by atoms with van der Waals surface area (Å²) in [5.74, 6) is -2.78. The number of rotatable bonds is 9. The Morgan fingerprint density at radius 1 is 1.32 bits per heavy atom. The highest BCUT2D eigenvalue weighted by atomic mass is 16.4. The number of amides is 3. The molecule has 4 atom stereocenters. The molecule has 1 heterocycles. The summed E-state index contributed by atoms with van der Waals surface area (Å²) < 4.78 is 0. The first kappa shape index (κ1) is 20.9. The molecule has 3 amide bonds. The molecule has 0 aromatic heterocycles. The maximum atomic E-state index is 12.7. The fraction of sp³-hybridized carbons (Fsp3) is 0.750. The predicted molar refractivity (Wildman–Crippen MR) is 90.2 cm³/mol. The van der Waals surface area contributed by atoms with Crippen LogP contribution in [0, 0.1) is 5.92 Å². The topological polar surface area (TPSA) is 156 Å². The molecule has 25 heavy (non-hydrogen) atoms. The molecule has 1 rings (SSSR count). The number of carbonyl (C=O) groups excluding carboxylic acids is 3. The third-order valence-corrected chi connectivity index (χ3v) is 4.67. The molecule has 1 aliphatic rings. The van der Waals surface area contributed by atoms with Gasteiger partial charge in [0.05, 0.1) is 6.04 Å². The van der Waals surface area contributed by atoms with Gasteiger partial charge in [-0.1, -0.05) is 20.3 Å². The first-order valence-corrected chi connectivity index (χ1v) is 8.56. The van der Waals surface area contributed by atoms with Crippen LogP contribution in [0.4, 0.5) is 0 Å². The van der Waals surface area contributed by atoms with Crippen molar-refractivity contribution in [2.24, 2.45) is 17.4 Å². The smallest absolute Gasteiger partial charge is 0.326 e. The van der Waals surface area contributed by atoms with Gasteiger partial charge in [0.25, 0.3) is 0 Å². The second kappa shape index (κ2) is 9.36. The lowest BCUT2D eigenvalue weighted by Gasteiger charge is -2.28. The zero-order valence-electron chi connectivity index (χ0n) is 14.7. The Morgan fingerprint density at radius 2 is 1.96 bits per heavy atom. The number of carboxylic acids is 1. The van der Waals surface area contributed by atoms with Gasteiger partial charge in [0, 0.05) is 13.0 Å². The molecular formula is C16H28N4O5.